The number of rotatable bonds is 8. The summed E-state index contributed by atoms with van der Waals surface area (Å²) in [7, 11) is 5.46. The molecule has 1 saturated heterocycles. The summed E-state index contributed by atoms with van der Waals surface area (Å²) in [5.74, 6) is -1.83. The third-order valence-corrected chi connectivity index (χ3v) is 6.53. The van der Waals surface area contributed by atoms with Crippen LogP contribution in [0.15, 0.2) is 54.1 Å². The van der Waals surface area contributed by atoms with Gasteiger partial charge >= 0.3 is 0 Å². The third-order valence-electron chi connectivity index (χ3n) is 6.53. The van der Waals surface area contributed by atoms with Crippen molar-refractivity contribution in [1.82, 2.24) is 9.80 Å². The fourth-order valence-electron chi connectivity index (χ4n) is 4.89. The molecule has 0 bridgehead atoms. The molecule has 2 aliphatic heterocycles. The maximum atomic E-state index is 13.9. The van der Waals surface area contributed by atoms with Crippen LogP contribution in [-0.2, 0) is 19.9 Å². The minimum absolute atomic E-state index is 0.192. The number of carbonyl (C=O) groups is 3. The molecule has 2 aliphatic rings. The molecule has 2 heterocycles. The number of likely N-dealkylation sites (tertiary alicyclic amines) is 1. The zero-order valence-corrected chi connectivity index (χ0v) is 20.6. The van der Waals surface area contributed by atoms with Gasteiger partial charge in [0, 0.05) is 30.4 Å². The van der Waals surface area contributed by atoms with E-state index in [0.29, 0.717) is 42.1 Å². The van der Waals surface area contributed by atoms with Crippen molar-refractivity contribution in [3.8, 4) is 5.75 Å². The van der Waals surface area contributed by atoms with Gasteiger partial charge < -0.3 is 24.5 Å². The van der Waals surface area contributed by atoms with Crippen molar-refractivity contribution < 1.29 is 24.2 Å². The van der Waals surface area contributed by atoms with E-state index in [1.165, 1.54) is 9.80 Å². The number of hydrogen-bond acceptors (Lipinski definition) is 6. The van der Waals surface area contributed by atoms with Crippen LogP contribution in [0.4, 0.5) is 5.69 Å². The van der Waals surface area contributed by atoms with Gasteiger partial charge in [-0.05, 0) is 63.8 Å². The molecule has 0 aliphatic carbocycles. The molecule has 1 N–H and O–H groups in total. The van der Waals surface area contributed by atoms with Gasteiger partial charge in [0.1, 0.15) is 11.5 Å². The average molecular weight is 478 g/mol. The number of benzene rings is 2. The predicted octanol–water partition coefficient (Wildman–Crippen LogP) is 2.98. The van der Waals surface area contributed by atoms with Gasteiger partial charge in [0.15, 0.2) is 5.54 Å². The number of anilines is 1. The summed E-state index contributed by atoms with van der Waals surface area (Å²) >= 11 is 0. The van der Waals surface area contributed by atoms with Crippen molar-refractivity contribution in [3.05, 3.63) is 65.2 Å². The Kier molecular flexibility index (Phi) is 6.67. The number of Topliss-reactive ketones (excluding diaryl/α,β-unsaturated/α-hetero) is 1. The summed E-state index contributed by atoms with van der Waals surface area (Å²) in [5, 5.41) is 11.4. The van der Waals surface area contributed by atoms with Gasteiger partial charge in [-0.1, -0.05) is 25.1 Å². The smallest absolute Gasteiger partial charge is 0.296 e. The van der Waals surface area contributed by atoms with Crippen molar-refractivity contribution >= 4 is 29.0 Å². The molecule has 4 rings (SSSR count). The molecular formula is C27H31N3O5. The van der Waals surface area contributed by atoms with Crippen LogP contribution < -0.4 is 9.64 Å². The lowest BCUT2D eigenvalue weighted by Crippen LogP contribution is -2.51. The summed E-state index contributed by atoms with van der Waals surface area (Å²) in [6, 6.07) is 13.7. The molecule has 2 amide bonds. The zero-order valence-electron chi connectivity index (χ0n) is 20.6. The molecule has 8 nitrogen and oxygen atoms in total. The number of likely N-dealkylation sites (N-methyl/N-ethyl adjacent to an activating group) is 1. The minimum atomic E-state index is -1.71. The van der Waals surface area contributed by atoms with E-state index in [9.17, 15) is 19.5 Å². The number of nitrogens with zero attached hydrogens (tertiary/aromatic N) is 3. The Hall–Kier alpha value is -3.65. The van der Waals surface area contributed by atoms with Crippen molar-refractivity contribution in [2.45, 2.75) is 25.3 Å². The van der Waals surface area contributed by atoms with Crippen molar-refractivity contribution in [3.63, 3.8) is 0 Å². The molecule has 2 aromatic carbocycles. The highest BCUT2D eigenvalue weighted by atomic mass is 16.5. The zero-order chi connectivity index (χ0) is 25.3. The fraction of sp³-hybridized carbons (Fsp3) is 0.370. The van der Waals surface area contributed by atoms with E-state index < -0.39 is 23.1 Å². The van der Waals surface area contributed by atoms with E-state index in [4.69, 9.17) is 4.74 Å². The second kappa shape index (κ2) is 9.54. The molecule has 1 atom stereocenters. The molecule has 35 heavy (non-hydrogen) atoms. The van der Waals surface area contributed by atoms with E-state index in [2.05, 4.69) is 0 Å². The molecular weight excluding hydrogens is 446 g/mol. The minimum Gasteiger partial charge on any atom is -0.507 e. The third kappa shape index (κ3) is 3.87. The highest BCUT2D eigenvalue weighted by molar-refractivity contribution is 6.50. The van der Waals surface area contributed by atoms with Gasteiger partial charge in [-0.15, -0.1) is 0 Å². The summed E-state index contributed by atoms with van der Waals surface area (Å²) < 4.78 is 5.61. The number of ketones is 1. The highest BCUT2D eigenvalue weighted by Gasteiger charge is 2.66. The lowest BCUT2D eigenvalue weighted by atomic mass is 9.82. The molecule has 1 spiro atoms. The first kappa shape index (κ1) is 24.5. The number of para-hydroxylation sites is 1. The first-order valence-corrected chi connectivity index (χ1v) is 11.8. The van der Waals surface area contributed by atoms with Crippen molar-refractivity contribution in [2.24, 2.45) is 0 Å². The van der Waals surface area contributed by atoms with Crippen LogP contribution in [0.1, 0.15) is 30.9 Å². The van der Waals surface area contributed by atoms with Crippen LogP contribution in [0.2, 0.25) is 0 Å². The van der Waals surface area contributed by atoms with E-state index in [1.807, 2.05) is 25.9 Å². The molecule has 0 unspecified atom stereocenters. The fourth-order valence-corrected chi connectivity index (χ4v) is 4.89. The maximum Gasteiger partial charge on any atom is 0.296 e. The molecule has 8 heteroatoms. The predicted molar refractivity (Wildman–Crippen MR) is 133 cm³/mol. The summed E-state index contributed by atoms with van der Waals surface area (Å²) in [6.45, 7) is 3.42. The monoisotopic (exact) mass is 477 g/mol. The van der Waals surface area contributed by atoms with Gasteiger partial charge in [0.05, 0.1) is 12.2 Å². The summed E-state index contributed by atoms with van der Waals surface area (Å²) in [4.78, 5) is 45.5. The maximum absolute atomic E-state index is 13.9. The molecule has 0 aromatic heterocycles. The van der Waals surface area contributed by atoms with Gasteiger partial charge in [-0.3, -0.25) is 14.4 Å². The number of fused-ring (bicyclic) bond motifs is 2. The van der Waals surface area contributed by atoms with Crippen LogP contribution in [0.25, 0.3) is 5.76 Å². The van der Waals surface area contributed by atoms with Crippen molar-refractivity contribution in [1.29, 1.82) is 0 Å². The van der Waals surface area contributed by atoms with E-state index in [-0.39, 0.29) is 17.9 Å². The van der Waals surface area contributed by atoms with Crippen molar-refractivity contribution in [2.75, 3.05) is 45.7 Å². The molecule has 1 fully saturated rings. The number of aliphatic hydroxyl groups excluding tert-OH is 1. The van der Waals surface area contributed by atoms with E-state index in [0.717, 1.165) is 6.42 Å². The first-order valence-electron chi connectivity index (χ1n) is 11.8. The lowest BCUT2D eigenvalue weighted by Gasteiger charge is -2.34. The van der Waals surface area contributed by atoms with E-state index in [1.54, 1.807) is 55.6 Å². The van der Waals surface area contributed by atoms with Crippen LogP contribution >= 0.6 is 0 Å². The van der Waals surface area contributed by atoms with Gasteiger partial charge in [-0.2, -0.15) is 0 Å². The number of carbonyl (C=O) groups excluding carboxylic acids is 3. The standard InChI is InChI=1S/C27H31N3O5/c1-5-17-35-19-13-11-18(12-14-19)23(31)22-24(32)25(33)30(16-8-15-28(2)3)27(22)20-9-6-7-10-21(20)29(4)26(27)34/h6-7,9-14,31H,5,8,15-17H2,1-4H3/t27-/m1/s1. The Morgan fingerprint density at radius 2 is 1.74 bits per heavy atom. The molecule has 184 valence electrons. The largest absolute Gasteiger partial charge is 0.507 e. The quantitative estimate of drug-likeness (QED) is 0.357. The van der Waals surface area contributed by atoms with Gasteiger partial charge in [0.2, 0.25) is 0 Å². The van der Waals surface area contributed by atoms with Crippen LogP contribution in [0.5, 0.6) is 5.75 Å². The number of amides is 2. The molecule has 2 aromatic rings. The normalized spacial score (nSPS) is 20.9. The summed E-state index contributed by atoms with van der Waals surface area (Å²) in [5.41, 5.74) is -0.462. The SMILES string of the molecule is CCCOc1ccc(C(O)=C2C(=O)C(=O)N(CCCN(C)C)[C@@]23C(=O)N(C)c2ccccc23)cc1. The second-order valence-corrected chi connectivity index (χ2v) is 9.13. The molecule has 0 saturated carbocycles. The number of aliphatic hydroxyl groups is 1. The van der Waals surface area contributed by atoms with E-state index >= 15 is 0 Å². The Morgan fingerprint density at radius 1 is 1.06 bits per heavy atom. The number of ether oxygens (including phenoxy) is 1. The average Bonchev–Trinajstić information content (AvgIpc) is 3.21. The summed E-state index contributed by atoms with van der Waals surface area (Å²) in [6.07, 6.45) is 1.42. The Morgan fingerprint density at radius 3 is 2.40 bits per heavy atom. The number of hydrogen-bond donors (Lipinski definition) is 1. The van der Waals surface area contributed by atoms with Gasteiger partial charge in [-0.25, -0.2) is 0 Å². The molecule has 0 radical (unpaired) electrons. The first-order chi connectivity index (χ1) is 16.7. The highest BCUT2D eigenvalue weighted by Crippen LogP contribution is 2.53. The second-order valence-electron chi connectivity index (χ2n) is 9.13. The van der Waals surface area contributed by atoms with Gasteiger partial charge in [0.25, 0.3) is 17.6 Å². The van der Waals surface area contributed by atoms with Crippen LogP contribution in [-0.4, -0.2) is 73.3 Å². The topological polar surface area (TPSA) is 90.4 Å². The van der Waals surface area contributed by atoms with Crippen LogP contribution in [0.3, 0.4) is 0 Å². The Bertz CT molecular complexity index is 1190. The van der Waals surface area contributed by atoms with Crippen LogP contribution in [0, 0.1) is 0 Å². The Balaban J connectivity index is 1.89. The lowest BCUT2D eigenvalue weighted by molar-refractivity contribution is -0.143. The Labute approximate surface area is 205 Å².